The van der Waals surface area contributed by atoms with E-state index < -0.39 is 17.5 Å². The summed E-state index contributed by atoms with van der Waals surface area (Å²) in [6.45, 7) is 2.52. The zero-order chi connectivity index (χ0) is 28.6. The maximum atomic E-state index is 14.3. The Morgan fingerprint density at radius 2 is 1.75 bits per heavy atom. The van der Waals surface area contributed by atoms with Gasteiger partial charge in [0.15, 0.2) is 0 Å². The van der Waals surface area contributed by atoms with Gasteiger partial charge in [-0.1, -0.05) is 18.2 Å². The van der Waals surface area contributed by atoms with Crippen LogP contribution in [0.1, 0.15) is 48.0 Å². The van der Waals surface area contributed by atoms with Gasteiger partial charge >= 0.3 is 0 Å². The average molecular weight is 548 g/mol. The molecule has 4 rings (SSSR count). The van der Waals surface area contributed by atoms with E-state index in [4.69, 9.17) is 4.74 Å². The summed E-state index contributed by atoms with van der Waals surface area (Å²) in [5.41, 5.74) is 2.65. The lowest BCUT2D eigenvalue weighted by molar-refractivity contribution is -0.116. The Balaban J connectivity index is 1.38. The van der Waals surface area contributed by atoms with Crippen molar-refractivity contribution < 1.29 is 27.9 Å². The van der Waals surface area contributed by atoms with E-state index in [2.05, 4.69) is 5.32 Å². The Bertz CT molecular complexity index is 1410. The van der Waals surface area contributed by atoms with Crippen LogP contribution in [0.4, 0.5) is 20.2 Å². The summed E-state index contributed by atoms with van der Waals surface area (Å²) in [6.07, 6.45) is 1.66. The molecule has 3 aromatic carbocycles. The summed E-state index contributed by atoms with van der Waals surface area (Å²) in [5, 5.41) is 3.02. The molecule has 1 N–H and O–H groups in total. The smallest absolute Gasteiger partial charge is 0.255 e. The Hall–Kier alpha value is -4.49. The van der Waals surface area contributed by atoms with Crippen LogP contribution in [0.15, 0.2) is 72.4 Å². The van der Waals surface area contributed by atoms with Crippen LogP contribution >= 0.6 is 0 Å². The topological polar surface area (TPSA) is 79.0 Å². The predicted molar refractivity (Wildman–Crippen MR) is 149 cm³/mol. The van der Waals surface area contributed by atoms with Gasteiger partial charge in [0.05, 0.1) is 12.8 Å². The van der Waals surface area contributed by atoms with E-state index in [1.54, 1.807) is 31.4 Å². The number of amides is 2. The second-order valence-electron chi connectivity index (χ2n) is 9.60. The molecule has 0 spiro atoms. The number of nitrogens with zero attached hydrogens (tertiary/aromatic N) is 2. The number of hydrogen-bond acceptors (Lipinski definition) is 5. The van der Waals surface area contributed by atoms with Crippen molar-refractivity contribution in [2.24, 2.45) is 0 Å². The lowest BCUT2D eigenvalue weighted by Crippen LogP contribution is -2.36. The third-order valence-electron chi connectivity index (χ3n) is 7.15. The Kier molecular flexibility index (Phi) is 9.30. The van der Waals surface area contributed by atoms with Crippen LogP contribution < -0.4 is 15.0 Å². The number of benzene rings is 3. The Labute approximate surface area is 232 Å². The molecule has 1 aliphatic rings. The number of carbonyl (C=O) groups excluding carboxylic acids is 3. The molecule has 0 aromatic heterocycles. The second-order valence-corrected chi connectivity index (χ2v) is 9.60. The van der Waals surface area contributed by atoms with Crippen LogP contribution in [0.5, 0.6) is 5.75 Å². The molecule has 40 heavy (non-hydrogen) atoms. The molecule has 0 radical (unpaired) electrons. The van der Waals surface area contributed by atoms with Crippen molar-refractivity contribution in [3.8, 4) is 5.75 Å². The van der Waals surface area contributed by atoms with Crippen LogP contribution in [0, 0.1) is 11.6 Å². The van der Waals surface area contributed by atoms with E-state index in [1.807, 2.05) is 35.1 Å². The van der Waals surface area contributed by atoms with Crippen LogP contribution in [0.2, 0.25) is 0 Å². The van der Waals surface area contributed by atoms with Gasteiger partial charge in [0.1, 0.15) is 29.0 Å². The van der Waals surface area contributed by atoms with Crippen molar-refractivity contribution in [3.63, 3.8) is 0 Å². The van der Waals surface area contributed by atoms with Gasteiger partial charge in [-0.15, -0.1) is 0 Å². The molecule has 0 atom stereocenters. The Morgan fingerprint density at radius 1 is 1.05 bits per heavy atom. The number of methoxy groups -OCH3 is 1. The molecule has 208 valence electrons. The number of hydrogen-bond donors (Lipinski definition) is 1. The van der Waals surface area contributed by atoms with Crippen molar-refractivity contribution >= 4 is 29.1 Å². The molecule has 0 saturated carbocycles. The van der Waals surface area contributed by atoms with Crippen LogP contribution in [-0.4, -0.2) is 49.4 Å². The summed E-state index contributed by atoms with van der Waals surface area (Å²) >= 11 is 0. The lowest BCUT2D eigenvalue weighted by Gasteiger charge is -2.35. The maximum Gasteiger partial charge on any atom is 0.255 e. The van der Waals surface area contributed by atoms with Gasteiger partial charge in [-0.05, 0) is 66.8 Å². The third-order valence-corrected chi connectivity index (χ3v) is 7.15. The van der Waals surface area contributed by atoms with Crippen molar-refractivity contribution in [1.82, 2.24) is 4.90 Å². The molecular weight excluding hydrogens is 516 g/mol. The summed E-state index contributed by atoms with van der Waals surface area (Å²) < 4.78 is 32.8. The van der Waals surface area contributed by atoms with Gasteiger partial charge in [0, 0.05) is 50.3 Å². The highest BCUT2D eigenvalue weighted by molar-refractivity contribution is 6.04. The molecule has 1 fully saturated rings. The quantitative estimate of drug-likeness (QED) is 0.355. The fourth-order valence-electron chi connectivity index (χ4n) is 5.00. The number of ether oxygens (including phenoxy) is 1. The van der Waals surface area contributed by atoms with E-state index in [1.165, 1.54) is 17.9 Å². The monoisotopic (exact) mass is 547 g/mol. The summed E-state index contributed by atoms with van der Waals surface area (Å²) in [5.74, 6) is 0.624. The minimum Gasteiger partial charge on any atom is -0.497 e. The highest BCUT2D eigenvalue weighted by Crippen LogP contribution is 2.34. The molecule has 0 unspecified atom stereocenters. The Morgan fingerprint density at radius 3 is 2.38 bits per heavy atom. The normalized spacial score (nSPS) is 13.3. The third kappa shape index (κ3) is 6.74. The average Bonchev–Trinajstić information content (AvgIpc) is 2.96. The van der Waals surface area contributed by atoms with E-state index in [0.717, 1.165) is 36.2 Å². The standard InChI is InChI=1S/C31H31F2N3O4/c1-21(38)36(30-12-9-24(32)19-28(30)33)18-15-25(20-37)35-16-13-22(14-17-35)27-5-3-4-6-29(27)34-31(39)23-7-10-26(40-2)11-8-23/h3-12,19,22H,13-18H2,1-2H3,(H,34,39). The SMILES string of the molecule is COc1ccc(C(=O)Nc2ccccc2C2CCN(C(=C=O)CCN(C(C)=O)c3ccc(F)cc3F)CC2)cc1. The van der Waals surface area contributed by atoms with Gasteiger partial charge < -0.3 is 19.9 Å². The minimum absolute atomic E-state index is 0.0360. The first-order chi connectivity index (χ1) is 19.3. The summed E-state index contributed by atoms with van der Waals surface area (Å²) in [6, 6.07) is 17.6. The predicted octanol–water partition coefficient (Wildman–Crippen LogP) is 5.56. The second kappa shape index (κ2) is 13.0. The number of anilines is 2. The lowest BCUT2D eigenvalue weighted by atomic mass is 9.88. The molecule has 2 amide bonds. The van der Waals surface area contributed by atoms with Gasteiger partial charge in [-0.3, -0.25) is 9.59 Å². The summed E-state index contributed by atoms with van der Waals surface area (Å²) in [4.78, 5) is 40.0. The van der Waals surface area contributed by atoms with Crippen molar-refractivity contribution in [2.45, 2.75) is 32.1 Å². The number of likely N-dealkylation sites (tertiary alicyclic amines) is 1. The van der Waals surface area contributed by atoms with Crippen LogP contribution in [-0.2, 0) is 9.59 Å². The molecule has 7 nitrogen and oxygen atoms in total. The zero-order valence-electron chi connectivity index (χ0n) is 22.5. The number of nitrogens with one attached hydrogen (secondary N) is 1. The van der Waals surface area contributed by atoms with E-state index >= 15 is 0 Å². The van der Waals surface area contributed by atoms with E-state index in [0.29, 0.717) is 30.1 Å². The van der Waals surface area contributed by atoms with Crippen molar-refractivity contribution in [3.05, 3.63) is 95.2 Å². The van der Waals surface area contributed by atoms with Crippen molar-refractivity contribution in [1.29, 1.82) is 0 Å². The summed E-state index contributed by atoms with van der Waals surface area (Å²) in [7, 11) is 1.57. The fraction of sp³-hybridized carbons (Fsp3) is 0.290. The first-order valence-electron chi connectivity index (χ1n) is 13.1. The number of carbonyl (C=O) groups is 2. The molecule has 1 heterocycles. The largest absolute Gasteiger partial charge is 0.497 e. The van der Waals surface area contributed by atoms with Crippen LogP contribution in [0.25, 0.3) is 0 Å². The number of para-hydroxylation sites is 1. The van der Waals surface area contributed by atoms with E-state index in [-0.39, 0.29) is 30.5 Å². The molecular formula is C31H31F2N3O4. The molecule has 0 aliphatic carbocycles. The number of rotatable bonds is 9. The first kappa shape index (κ1) is 28.5. The molecule has 9 heteroatoms. The maximum absolute atomic E-state index is 14.3. The number of halogens is 2. The van der Waals surface area contributed by atoms with Gasteiger partial charge in [-0.2, -0.15) is 0 Å². The molecule has 1 aliphatic heterocycles. The highest BCUT2D eigenvalue weighted by atomic mass is 19.1. The zero-order valence-corrected chi connectivity index (χ0v) is 22.5. The van der Waals surface area contributed by atoms with Gasteiger partial charge in [0.25, 0.3) is 5.91 Å². The van der Waals surface area contributed by atoms with Gasteiger partial charge in [-0.25, -0.2) is 13.6 Å². The van der Waals surface area contributed by atoms with E-state index in [9.17, 15) is 23.2 Å². The van der Waals surface area contributed by atoms with Crippen LogP contribution in [0.3, 0.4) is 0 Å². The van der Waals surface area contributed by atoms with Crippen molar-refractivity contribution in [2.75, 3.05) is 37.0 Å². The molecule has 0 bridgehead atoms. The minimum atomic E-state index is -0.842. The molecule has 1 saturated heterocycles. The highest BCUT2D eigenvalue weighted by Gasteiger charge is 2.26. The fourth-order valence-corrected chi connectivity index (χ4v) is 5.00. The molecule has 3 aromatic rings. The van der Waals surface area contributed by atoms with Gasteiger partial charge in [0.2, 0.25) is 5.91 Å². The number of piperidine rings is 1. The first-order valence-corrected chi connectivity index (χ1v) is 13.1.